The van der Waals surface area contributed by atoms with E-state index in [2.05, 4.69) is 35.6 Å². The highest BCUT2D eigenvalue weighted by atomic mass is 16.5. The van der Waals surface area contributed by atoms with Gasteiger partial charge < -0.3 is 10.1 Å². The predicted molar refractivity (Wildman–Crippen MR) is 66.6 cm³/mol. The molecule has 1 aromatic rings. The molecule has 0 aromatic heterocycles. The number of ether oxygens (including phenoxy) is 1. The van der Waals surface area contributed by atoms with Crippen LogP contribution in [0.2, 0.25) is 0 Å². The summed E-state index contributed by atoms with van der Waals surface area (Å²) in [7, 11) is 0. The van der Waals surface area contributed by atoms with Gasteiger partial charge in [0.2, 0.25) is 0 Å². The Morgan fingerprint density at radius 2 is 2.06 bits per heavy atom. The molecule has 1 N–H and O–H groups in total. The number of nitrogens with one attached hydrogen (secondary N) is 1. The third-order valence-electron chi connectivity index (χ3n) is 3.07. The SMILES string of the molecule is c1ccc(CCCCOC2CCNC2)cc1. The van der Waals surface area contributed by atoms with E-state index in [0.29, 0.717) is 6.10 Å². The molecule has 0 bridgehead atoms. The van der Waals surface area contributed by atoms with Crippen LogP contribution in [0.3, 0.4) is 0 Å². The molecule has 1 aliphatic heterocycles. The maximum Gasteiger partial charge on any atom is 0.0711 e. The quantitative estimate of drug-likeness (QED) is 0.742. The maximum atomic E-state index is 5.78. The molecule has 16 heavy (non-hydrogen) atoms. The van der Waals surface area contributed by atoms with E-state index in [1.807, 2.05) is 0 Å². The fourth-order valence-corrected chi connectivity index (χ4v) is 2.10. The fraction of sp³-hybridized carbons (Fsp3) is 0.571. The standard InChI is InChI=1S/C14H21NO/c1-2-6-13(7-3-1)8-4-5-11-16-14-9-10-15-12-14/h1-3,6-7,14-15H,4-5,8-12H2. The molecule has 1 unspecified atom stereocenters. The first kappa shape index (κ1) is 11.6. The molecule has 0 aliphatic carbocycles. The van der Waals surface area contributed by atoms with Crippen molar-refractivity contribution in [2.45, 2.75) is 31.8 Å². The van der Waals surface area contributed by atoms with E-state index in [0.717, 1.165) is 19.7 Å². The zero-order chi connectivity index (χ0) is 11.1. The maximum absolute atomic E-state index is 5.78. The van der Waals surface area contributed by atoms with Gasteiger partial charge in [0.25, 0.3) is 0 Å². The molecule has 2 heteroatoms. The van der Waals surface area contributed by atoms with Crippen molar-refractivity contribution in [1.29, 1.82) is 0 Å². The van der Waals surface area contributed by atoms with Gasteiger partial charge in [-0.1, -0.05) is 30.3 Å². The number of hydrogen-bond donors (Lipinski definition) is 1. The second kappa shape index (κ2) is 6.66. The monoisotopic (exact) mass is 219 g/mol. The predicted octanol–water partition coefficient (Wildman–Crippen LogP) is 2.39. The van der Waals surface area contributed by atoms with Gasteiger partial charge in [0.1, 0.15) is 0 Å². The normalized spacial score (nSPS) is 20.1. The van der Waals surface area contributed by atoms with Crippen LogP contribution in [-0.4, -0.2) is 25.8 Å². The van der Waals surface area contributed by atoms with E-state index in [9.17, 15) is 0 Å². The minimum absolute atomic E-state index is 0.469. The van der Waals surface area contributed by atoms with Crippen LogP contribution in [-0.2, 0) is 11.2 Å². The molecular formula is C14H21NO. The lowest BCUT2D eigenvalue weighted by molar-refractivity contribution is 0.0645. The van der Waals surface area contributed by atoms with Crippen LogP contribution < -0.4 is 5.32 Å². The summed E-state index contributed by atoms with van der Waals surface area (Å²) < 4.78 is 5.78. The van der Waals surface area contributed by atoms with Crippen LogP contribution in [0.15, 0.2) is 30.3 Å². The van der Waals surface area contributed by atoms with Crippen molar-refractivity contribution in [2.24, 2.45) is 0 Å². The summed E-state index contributed by atoms with van der Waals surface area (Å²) >= 11 is 0. The average Bonchev–Trinajstić information content (AvgIpc) is 2.83. The lowest BCUT2D eigenvalue weighted by Crippen LogP contribution is -2.17. The molecular weight excluding hydrogens is 198 g/mol. The molecule has 1 fully saturated rings. The van der Waals surface area contributed by atoms with Crippen LogP contribution in [0.1, 0.15) is 24.8 Å². The Balaban J connectivity index is 1.52. The number of benzene rings is 1. The molecule has 0 radical (unpaired) electrons. The fourth-order valence-electron chi connectivity index (χ4n) is 2.10. The molecule has 0 amide bonds. The summed E-state index contributed by atoms with van der Waals surface area (Å²) in [6.45, 7) is 3.08. The van der Waals surface area contributed by atoms with Crippen molar-refractivity contribution in [3.8, 4) is 0 Å². The van der Waals surface area contributed by atoms with Crippen LogP contribution in [0, 0.1) is 0 Å². The lowest BCUT2D eigenvalue weighted by Gasteiger charge is -2.09. The molecule has 2 rings (SSSR count). The topological polar surface area (TPSA) is 21.3 Å². The van der Waals surface area contributed by atoms with Gasteiger partial charge in [0.15, 0.2) is 0 Å². The van der Waals surface area contributed by atoms with Crippen LogP contribution in [0.25, 0.3) is 0 Å². The second-order valence-corrected chi connectivity index (χ2v) is 4.43. The van der Waals surface area contributed by atoms with Crippen molar-refractivity contribution >= 4 is 0 Å². The van der Waals surface area contributed by atoms with Crippen molar-refractivity contribution < 1.29 is 4.74 Å². The molecule has 1 atom stereocenters. The first-order valence-corrected chi connectivity index (χ1v) is 6.31. The minimum atomic E-state index is 0.469. The van der Waals surface area contributed by atoms with E-state index in [1.54, 1.807) is 0 Å². The summed E-state index contributed by atoms with van der Waals surface area (Å²) in [5.41, 5.74) is 1.44. The molecule has 88 valence electrons. The Kier molecular flexibility index (Phi) is 4.84. The largest absolute Gasteiger partial charge is 0.377 e. The summed E-state index contributed by atoms with van der Waals surface area (Å²) in [6, 6.07) is 10.7. The zero-order valence-electron chi connectivity index (χ0n) is 9.82. The zero-order valence-corrected chi connectivity index (χ0v) is 9.82. The van der Waals surface area contributed by atoms with Crippen LogP contribution in [0.4, 0.5) is 0 Å². The van der Waals surface area contributed by atoms with E-state index < -0.39 is 0 Å². The molecule has 2 nitrogen and oxygen atoms in total. The van der Waals surface area contributed by atoms with E-state index >= 15 is 0 Å². The third-order valence-corrected chi connectivity index (χ3v) is 3.07. The van der Waals surface area contributed by atoms with E-state index in [1.165, 1.54) is 31.2 Å². The number of rotatable bonds is 6. The van der Waals surface area contributed by atoms with Gasteiger partial charge in [-0.3, -0.25) is 0 Å². The number of hydrogen-bond acceptors (Lipinski definition) is 2. The van der Waals surface area contributed by atoms with Gasteiger partial charge in [-0.2, -0.15) is 0 Å². The van der Waals surface area contributed by atoms with Crippen LogP contribution in [0.5, 0.6) is 0 Å². The van der Waals surface area contributed by atoms with Crippen LogP contribution >= 0.6 is 0 Å². The minimum Gasteiger partial charge on any atom is -0.377 e. The Morgan fingerprint density at radius 3 is 2.81 bits per heavy atom. The van der Waals surface area contributed by atoms with Crippen molar-refractivity contribution in [2.75, 3.05) is 19.7 Å². The number of aryl methyl sites for hydroxylation is 1. The van der Waals surface area contributed by atoms with Crippen molar-refractivity contribution in [3.63, 3.8) is 0 Å². The Hall–Kier alpha value is -0.860. The number of unbranched alkanes of at least 4 members (excludes halogenated alkanes) is 1. The molecule has 1 aromatic carbocycles. The van der Waals surface area contributed by atoms with Gasteiger partial charge in [0.05, 0.1) is 6.10 Å². The molecule has 0 saturated carbocycles. The third kappa shape index (κ3) is 3.95. The Bertz CT molecular complexity index is 280. The average molecular weight is 219 g/mol. The summed E-state index contributed by atoms with van der Waals surface area (Å²) in [4.78, 5) is 0. The highest BCUT2D eigenvalue weighted by Crippen LogP contribution is 2.07. The van der Waals surface area contributed by atoms with Gasteiger partial charge in [-0.15, -0.1) is 0 Å². The first-order chi connectivity index (χ1) is 7.95. The molecule has 1 aliphatic rings. The highest BCUT2D eigenvalue weighted by Gasteiger charge is 2.13. The first-order valence-electron chi connectivity index (χ1n) is 6.31. The summed E-state index contributed by atoms with van der Waals surface area (Å²) in [5, 5.41) is 3.31. The molecule has 1 saturated heterocycles. The smallest absolute Gasteiger partial charge is 0.0711 e. The van der Waals surface area contributed by atoms with E-state index in [-0.39, 0.29) is 0 Å². The van der Waals surface area contributed by atoms with Gasteiger partial charge in [0, 0.05) is 13.2 Å². The summed E-state index contributed by atoms with van der Waals surface area (Å²) in [5.74, 6) is 0. The van der Waals surface area contributed by atoms with Gasteiger partial charge >= 0.3 is 0 Å². The van der Waals surface area contributed by atoms with Gasteiger partial charge in [-0.05, 0) is 37.8 Å². The second-order valence-electron chi connectivity index (χ2n) is 4.43. The molecule has 0 spiro atoms. The lowest BCUT2D eigenvalue weighted by atomic mass is 10.1. The van der Waals surface area contributed by atoms with Gasteiger partial charge in [-0.25, -0.2) is 0 Å². The Morgan fingerprint density at radius 1 is 1.19 bits per heavy atom. The van der Waals surface area contributed by atoms with Crippen molar-refractivity contribution in [1.82, 2.24) is 5.32 Å². The van der Waals surface area contributed by atoms with E-state index in [4.69, 9.17) is 4.74 Å². The highest BCUT2D eigenvalue weighted by molar-refractivity contribution is 5.14. The molecule has 1 heterocycles. The summed E-state index contributed by atoms with van der Waals surface area (Å²) in [6.07, 6.45) is 5.22. The Labute approximate surface area is 98.0 Å². The van der Waals surface area contributed by atoms with Crippen molar-refractivity contribution in [3.05, 3.63) is 35.9 Å².